The van der Waals surface area contributed by atoms with Crippen molar-refractivity contribution < 1.29 is 9.53 Å². The summed E-state index contributed by atoms with van der Waals surface area (Å²) >= 11 is 0. The number of nitrogens with zero attached hydrogens (tertiary/aromatic N) is 3. The molecule has 0 aliphatic rings. The van der Waals surface area contributed by atoms with E-state index in [1.165, 1.54) is 6.08 Å². The van der Waals surface area contributed by atoms with Crippen molar-refractivity contribution in [3.63, 3.8) is 0 Å². The van der Waals surface area contributed by atoms with E-state index in [1.807, 2.05) is 72.9 Å². The van der Waals surface area contributed by atoms with Crippen LogP contribution in [0.25, 0.3) is 11.8 Å². The SMILES string of the molecule is O=C(/C=C/c1ccc(OCc2cccnc2)cc1)Nc1ccc(-n2cccn2)cc1. The van der Waals surface area contributed by atoms with Crippen molar-refractivity contribution in [3.05, 3.63) is 109 Å². The molecular weight excluding hydrogens is 376 g/mol. The van der Waals surface area contributed by atoms with Crippen LogP contribution in [-0.2, 0) is 11.4 Å². The Bertz CT molecular complexity index is 1100. The fraction of sp³-hybridized carbons (Fsp3) is 0.0417. The third-order valence-electron chi connectivity index (χ3n) is 4.34. The zero-order valence-corrected chi connectivity index (χ0v) is 16.2. The zero-order chi connectivity index (χ0) is 20.6. The molecule has 0 bridgehead atoms. The smallest absolute Gasteiger partial charge is 0.248 e. The van der Waals surface area contributed by atoms with E-state index in [1.54, 1.807) is 29.3 Å². The van der Waals surface area contributed by atoms with E-state index in [2.05, 4.69) is 15.4 Å². The Kier molecular flexibility index (Phi) is 5.96. The summed E-state index contributed by atoms with van der Waals surface area (Å²) in [5, 5.41) is 7.03. The summed E-state index contributed by atoms with van der Waals surface area (Å²) in [6.45, 7) is 0.463. The van der Waals surface area contributed by atoms with Gasteiger partial charge in [-0.25, -0.2) is 4.68 Å². The van der Waals surface area contributed by atoms with Gasteiger partial charge in [-0.3, -0.25) is 9.78 Å². The van der Waals surface area contributed by atoms with Crippen LogP contribution in [0, 0.1) is 0 Å². The first-order chi connectivity index (χ1) is 14.8. The highest BCUT2D eigenvalue weighted by Crippen LogP contribution is 2.16. The van der Waals surface area contributed by atoms with Gasteiger partial charge in [0.25, 0.3) is 0 Å². The van der Waals surface area contributed by atoms with Crippen LogP contribution in [0.5, 0.6) is 5.75 Å². The molecule has 2 aromatic carbocycles. The summed E-state index contributed by atoms with van der Waals surface area (Å²) in [6.07, 6.45) is 10.4. The molecule has 4 rings (SSSR count). The molecule has 30 heavy (non-hydrogen) atoms. The Morgan fingerprint density at radius 2 is 1.83 bits per heavy atom. The number of hydrogen-bond donors (Lipinski definition) is 1. The average molecular weight is 396 g/mol. The van der Waals surface area contributed by atoms with Crippen LogP contribution in [0.3, 0.4) is 0 Å². The first-order valence-electron chi connectivity index (χ1n) is 9.47. The molecule has 0 unspecified atom stereocenters. The van der Waals surface area contributed by atoms with E-state index >= 15 is 0 Å². The lowest BCUT2D eigenvalue weighted by Gasteiger charge is -2.06. The number of aromatic nitrogens is 3. The van der Waals surface area contributed by atoms with Crippen LogP contribution in [0.2, 0.25) is 0 Å². The summed E-state index contributed by atoms with van der Waals surface area (Å²) in [5.74, 6) is 0.566. The van der Waals surface area contributed by atoms with Crippen molar-refractivity contribution in [2.75, 3.05) is 5.32 Å². The van der Waals surface area contributed by atoms with E-state index in [-0.39, 0.29) is 5.91 Å². The van der Waals surface area contributed by atoms with Gasteiger partial charge in [-0.05, 0) is 60.2 Å². The minimum atomic E-state index is -0.196. The third-order valence-corrected chi connectivity index (χ3v) is 4.34. The van der Waals surface area contributed by atoms with E-state index in [4.69, 9.17) is 4.74 Å². The highest BCUT2D eigenvalue weighted by Gasteiger charge is 2.01. The van der Waals surface area contributed by atoms with E-state index in [9.17, 15) is 4.79 Å². The maximum atomic E-state index is 12.2. The normalized spacial score (nSPS) is 10.8. The Morgan fingerprint density at radius 3 is 2.53 bits per heavy atom. The first kappa shape index (κ1) is 19.1. The Balaban J connectivity index is 1.29. The quantitative estimate of drug-likeness (QED) is 0.467. The second-order valence-electron chi connectivity index (χ2n) is 6.54. The second-order valence-corrected chi connectivity index (χ2v) is 6.54. The van der Waals surface area contributed by atoms with Crippen LogP contribution in [0.15, 0.2) is 97.6 Å². The lowest BCUT2D eigenvalue weighted by atomic mass is 10.2. The molecule has 0 atom stereocenters. The van der Waals surface area contributed by atoms with Crippen LogP contribution in [0.1, 0.15) is 11.1 Å². The van der Waals surface area contributed by atoms with Crippen molar-refractivity contribution >= 4 is 17.7 Å². The highest BCUT2D eigenvalue weighted by molar-refractivity contribution is 6.01. The molecule has 0 saturated carbocycles. The summed E-state index contributed by atoms with van der Waals surface area (Å²) in [4.78, 5) is 16.2. The molecule has 0 radical (unpaired) electrons. The number of hydrogen-bond acceptors (Lipinski definition) is 4. The molecule has 2 heterocycles. The van der Waals surface area contributed by atoms with Gasteiger partial charge in [0, 0.05) is 42.1 Å². The molecule has 2 aromatic heterocycles. The lowest BCUT2D eigenvalue weighted by molar-refractivity contribution is -0.111. The molecule has 6 nitrogen and oxygen atoms in total. The number of amides is 1. The van der Waals surface area contributed by atoms with Gasteiger partial charge in [0.1, 0.15) is 12.4 Å². The number of ether oxygens (including phenoxy) is 1. The number of pyridine rings is 1. The zero-order valence-electron chi connectivity index (χ0n) is 16.2. The van der Waals surface area contributed by atoms with Crippen molar-refractivity contribution in [2.45, 2.75) is 6.61 Å². The van der Waals surface area contributed by atoms with Gasteiger partial charge in [0.15, 0.2) is 0 Å². The monoisotopic (exact) mass is 396 g/mol. The Morgan fingerprint density at radius 1 is 1.00 bits per heavy atom. The molecule has 0 fully saturated rings. The van der Waals surface area contributed by atoms with E-state index < -0.39 is 0 Å². The van der Waals surface area contributed by atoms with Gasteiger partial charge in [0.2, 0.25) is 5.91 Å². The molecule has 1 amide bonds. The standard InChI is InChI=1S/C24H20N4O2/c29-24(27-21-7-9-22(10-8-21)28-16-2-15-26-28)13-6-19-4-11-23(12-5-19)30-18-20-3-1-14-25-17-20/h1-17H,18H2,(H,27,29)/b13-6+. The van der Waals surface area contributed by atoms with Gasteiger partial charge >= 0.3 is 0 Å². The lowest BCUT2D eigenvalue weighted by Crippen LogP contribution is -2.07. The minimum Gasteiger partial charge on any atom is -0.489 e. The van der Waals surface area contributed by atoms with Crippen LogP contribution >= 0.6 is 0 Å². The van der Waals surface area contributed by atoms with Crippen molar-refractivity contribution in [3.8, 4) is 11.4 Å². The topological polar surface area (TPSA) is 69.0 Å². The molecule has 0 saturated heterocycles. The molecule has 0 aliphatic carbocycles. The molecule has 0 spiro atoms. The van der Waals surface area contributed by atoms with Gasteiger partial charge in [-0.15, -0.1) is 0 Å². The largest absolute Gasteiger partial charge is 0.489 e. The van der Waals surface area contributed by atoms with E-state index in [0.29, 0.717) is 6.61 Å². The van der Waals surface area contributed by atoms with Crippen molar-refractivity contribution in [1.82, 2.24) is 14.8 Å². The molecule has 6 heteroatoms. The van der Waals surface area contributed by atoms with Gasteiger partial charge < -0.3 is 10.1 Å². The Labute approximate surface area is 174 Å². The fourth-order valence-electron chi connectivity index (χ4n) is 2.80. The molecule has 148 valence electrons. The number of benzene rings is 2. The van der Waals surface area contributed by atoms with Crippen molar-refractivity contribution in [1.29, 1.82) is 0 Å². The van der Waals surface area contributed by atoms with Gasteiger partial charge in [0.05, 0.1) is 5.69 Å². The highest BCUT2D eigenvalue weighted by atomic mass is 16.5. The molecule has 1 N–H and O–H groups in total. The Hall–Kier alpha value is -4.19. The van der Waals surface area contributed by atoms with E-state index in [0.717, 1.165) is 28.3 Å². The maximum Gasteiger partial charge on any atom is 0.248 e. The number of carbonyl (C=O) groups is 1. The predicted molar refractivity (Wildman–Crippen MR) is 116 cm³/mol. The molecule has 0 aliphatic heterocycles. The average Bonchev–Trinajstić information content (AvgIpc) is 3.33. The van der Waals surface area contributed by atoms with Crippen LogP contribution in [0.4, 0.5) is 5.69 Å². The predicted octanol–water partition coefficient (Wildman–Crippen LogP) is 4.50. The summed E-state index contributed by atoms with van der Waals surface area (Å²) in [7, 11) is 0. The second kappa shape index (κ2) is 9.34. The van der Waals surface area contributed by atoms with Gasteiger partial charge in [-0.2, -0.15) is 5.10 Å². The van der Waals surface area contributed by atoms with Crippen LogP contribution < -0.4 is 10.1 Å². The number of anilines is 1. The van der Waals surface area contributed by atoms with Crippen LogP contribution in [-0.4, -0.2) is 20.7 Å². The minimum absolute atomic E-state index is 0.196. The summed E-state index contributed by atoms with van der Waals surface area (Å²) in [5.41, 5.74) is 3.57. The first-order valence-corrected chi connectivity index (χ1v) is 9.47. The third kappa shape index (κ3) is 5.20. The fourth-order valence-corrected chi connectivity index (χ4v) is 2.80. The number of rotatable bonds is 7. The summed E-state index contributed by atoms with van der Waals surface area (Å²) < 4.78 is 7.50. The molecular formula is C24H20N4O2. The number of carbonyl (C=O) groups excluding carboxylic acids is 1. The maximum absolute atomic E-state index is 12.2. The van der Waals surface area contributed by atoms with Crippen molar-refractivity contribution in [2.24, 2.45) is 0 Å². The summed E-state index contributed by atoms with van der Waals surface area (Å²) in [6, 6.07) is 20.8. The number of nitrogens with one attached hydrogen (secondary N) is 1. The van der Waals surface area contributed by atoms with Gasteiger partial charge in [-0.1, -0.05) is 18.2 Å². The molecule has 4 aromatic rings.